The van der Waals surface area contributed by atoms with Gasteiger partial charge < -0.3 is 4.74 Å². The van der Waals surface area contributed by atoms with Gasteiger partial charge in [0.1, 0.15) is 22.3 Å². The van der Waals surface area contributed by atoms with Crippen LogP contribution in [0.3, 0.4) is 0 Å². The van der Waals surface area contributed by atoms with E-state index in [-0.39, 0.29) is 16.9 Å². The molecule has 32 heavy (non-hydrogen) atoms. The maximum atomic E-state index is 13.7. The lowest BCUT2D eigenvalue weighted by Gasteiger charge is -2.12. The molecule has 166 valence electrons. The summed E-state index contributed by atoms with van der Waals surface area (Å²) in [6, 6.07) is 11.9. The predicted molar refractivity (Wildman–Crippen MR) is 114 cm³/mol. The van der Waals surface area contributed by atoms with Crippen LogP contribution in [0.5, 0.6) is 5.75 Å². The summed E-state index contributed by atoms with van der Waals surface area (Å²) in [6.45, 7) is 0. The zero-order valence-electron chi connectivity index (χ0n) is 16.5. The van der Waals surface area contributed by atoms with E-state index in [0.29, 0.717) is 11.8 Å². The van der Waals surface area contributed by atoms with E-state index in [4.69, 9.17) is 4.74 Å². The highest BCUT2D eigenvalue weighted by Crippen LogP contribution is 2.29. The fourth-order valence-corrected chi connectivity index (χ4v) is 3.82. The maximum Gasteiger partial charge on any atom is 0.270 e. The number of non-ortho nitro benzene ring substituents is 1. The van der Waals surface area contributed by atoms with Crippen molar-refractivity contribution < 1.29 is 26.9 Å². The second-order valence-corrected chi connectivity index (χ2v) is 7.96. The molecule has 0 aliphatic carbocycles. The van der Waals surface area contributed by atoms with E-state index >= 15 is 0 Å². The molecule has 0 saturated carbocycles. The number of hydrogen-bond donors (Lipinski definition) is 2. The first kappa shape index (κ1) is 22.6. The van der Waals surface area contributed by atoms with E-state index in [1.165, 1.54) is 31.4 Å². The van der Waals surface area contributed by atoms with Gasteiger partial charge in [0.25, 0.3) is 15.7 Å². The highest BCUT2D eigenvalue weighted by molar-refractivity contribution is 7.92. The van der Waals surface area contributed by atoms with Crippen LogP contribution in [-0.4, -0.2) is 26.7 Å². The number of halogens is 2. The topological polar surface area (TPSA) is 123 Å². The van der Waals surface area contributed by atoms with Crippen molar-refractivity contribution in [2.75, 3.05) is 17.3 Å². The van der Waals surface area contributed by atoms with Gasteiger partial charge >= 0.3 is 0 Å². The Bertz CT molecular complexity index is 1280. The Morgan fingerprint density at radius 3 is 2.41 bits per heavy atom. The molecular weight excluding hydrogens is 446 g/mol. The minimum Gasteiger partial charge on any atom is -0.497 e. The second-order valence-electron chi connectivity index (χ2n) is 6.31. The first-order valence-electron chi connectivity index (χ1n) is 8.89. The van der Waals surface area contributed by atoms with E-state index in [1.807, 2.05) is 0 Å². The van der Waals surface area contributed by atoms with Crippen molar-refractivity contribution in [3.8, 4) is 5.75 Å². The third-order valence-corrected chi connectivity index (χ3v) is 5.58. The SMILES string of the molecule is COc1ccc(NS(=O)(=O)c2cc([N+](=O)[O-])ccc2NN=Cc2ccc(F)cc2F)cc1. The van der Waals surface area contributed by atoms with Gasteiger partial charge in [0, 0.05) is 29.4 Å². The first-order chi connectivity index (χ1) is 15.2. The molecule has 0 unspecified atom stereocenters. The first-order valence-corrected chi connectivity index (χ1v) is 10.4. The highest BCUT2D eigenvalue weighted by Gasteiger charge is 2.22. The van der Waals surface area contributed by atoms with E-state index in [0.717, 1.165) is 36.5 Å². The Hall–Kier alpha value is -4.06. The van der Waals surface area contributed by atoms with E-state index in [9.17, 15) is 27.3 Å². The summed E-state index contributed by atoms with van der Waals surface area (Å²) in [7, 11) is -2.83. The van der Waals surface area contributed by atoms with E-state index < -0.39 is 37.2 Å². The largest absolute Gasteiger partial charge is 0.497 e. The molecule has 0 saturated heterocycles. The van der Waals surface area contributed by atoms with Crippen molar-refractivity contribution in [3.63, 3.8) is 0 Å². The fraction of sp³-hybridized carbons (Fsp3) is 0.0500. The summed E-state index contributed by atoms with van der Waals surface area (Å²) in [5.41, 5.74) is 2.01. The molecule has 9 nitrogen and oxygen atoms in total. The van der Waals surface area contributed by atoms with Gasteiger partial charge in [-0.15, -0.1) is 0 Å². The molecule has 0 spiro atoms. The summed E-state index contributed by atoms with van der Waals surface area (Å²) in [5, 5.41) is 14.9. The zero-order valence-corrected chi connectivity index (χ0v) is 17.3. The van der Waals surface area contributed by atoms with Crippen molar-refractivity contribution in [2.24, 2.45) is 5.10 Å². The van der Waals surface area contributed by atoms with Crippen LogP contribution in [0.4, 0.5) is 25.8 Å². The normalized spacial score (nSPS) is 11.3. The number of hydrogen-bond acceptors (Lipinski definition) is 7. The average molecular weight is 462 g/mol. The zero-order chi connectivity index (χ0) is 23.3. The number of nitrogens with one attached hydrogen (secondary N) is 2. The number of nitro groups is 1. The quantitative estimate of drug-likeness (QED) is 0.295. The molecule has 0 radical (unpaired) electrons. The number of nitro benzene ring substituents is 1. The smallest absolute Gasteiger partial charge is 0.270 e. The maximum absolute atomic E-state index is 13.7. The molecule has 0 aliphatic heterocycles. The molecule has 3 aromatic rings. The minimum atomic E-state index is -4.28. The number of rotatable bonds is 8. The Kier molecular flexibility index (Phi) is 6.64. The Labute approximate surface area is 181 Å². The highest BCUT2D eigenvalue weighted by atomic mass is 32.2. The number of hydrazone groups is 1. The third kappa shape index (κ3) is 5.35. The van der Waals surface area contributed by atoms with Crippen molar-refractivity contribution in [2.45, 2.75) is 4.90 Å². The Morgan fingerprint density at radius 1 is 1.06 bits per heavy atom. The molecule has 0 aromatic heterocycles. The Balaban J connectivity index is 1.92. The van der Waals surface area contributed by atoms with Crippen LogP contribution in [0.25, 0.3) is 0 Å². The summed E-state index contributed by atoms with van der Waals surface area (Å²) in [4.78, 5) is 9.94. The molecule has 0 aliphatic rings. The second kappa shape index (κ2) is 9.39. The van der Waals surface area contributed by atoms with Gasteiger partial charge in [-0.3, -0.25) is 20.3 Å². The molecule has 2 N–H and O–H groups in total. The number of nitrogens with zero attached hydrogens (tertiary/aromatic N) is 2. The average Bonchev–Trinajstić information content (AvgIpc) is 2.75. The molecule has 12 heteroatoms. The number of sulfonamides is 1. The standard InChI is InChI=1S/C20H16F2N4O5S/c1-31-17-7-4-15(5-8-17)25-32(29,30)20-11-16(26(27)28)6-9-19(20)24-23-12-13-2-3-14(21)10-18(13)22/h2-12,24-25H,1H3. The lowest BCUT2D eigenvalue weighted by Crippen LogP contribution is -2.15. The summed E-state index contributed by atoms with van der Waals surface area (Å²) in [6.07, 6.45) is 1.02. The van der Waals surface area contributed by atoms with Gasteiger partial charge in [0.15, 0.2) is 0 Å². The molecule has 0 atom stereocenters. The van der Waals surface area contributed by atoms with Crippen molar-refractivity contribution in [1.29, 1.82) is 0 Å². The van der Waals surface area contributed by atoms with Gasteiger partial charge in [0.2, 0.25) is 0 Å². The minimum absolute atomic E-state index is 0.0541. The third-order valence-electron chi connectivity index (χ3n) is 4.16. The number of anilines is 2. The molecule has 3 rings (SSSR count). The summed E-state index contributed by atoms with van der Waals surface area (Å²) < 4.78 is 59.9. The van der Waals surface area contributed by atoms with E-state index in [2.05, 4.69) is 15.2 Å². The molecule has 0 bridgehead atoms. The van der Waals surface area contributed by atoms with Crippen LogP contribution >= 0.6 is 0 Å². The molecule has 0 fully saturated rings. The van der Waals surface area contributed by atoms with Crippen molar-refractivity contribution in [1.82, 2.24) is 0 Å². The lowest BCUT2D eigenvalue weighted by atomic mass is 10.2. The van der Waals surface area contributed by atoms with Gasteiger partial charge in [-0.1, -0.05) is 0 Å². The van der Waals surface area contributed by atoms with Crippen molar-refractivity contribution >= 4 is 33.3 Å². The molecule has 0 heterocycles. The van der Waals surface area contributed by atoms with Crippen LogP contribution in [0.15, 0.2) is 70.7 Å². The summed E-state index contributed by atoms with van der Waals surface area (Å²) >= 11 is 0. The van der Waals surface area contributed by atoms with Crippen LogP contribution in [0.1, 0.15) is 5.56 Å². The molecule has 3 aromatic carbocycles. The van der Waals surface area contributed by atoms with Gasteiger partial charge in [-0.2, -0.15) is 5.10 Å². The number of benzene rings is 3. The monoisotopic (exact) mass is 462 g/mol. The van der Waals surface area contributed by atoms with Crippen LogP contribution in [0, 0.1) is 21.7 Å². The lowest BCUT2D eigenvalue weighted by molar-refractivity contribution is -0.385. The van der Waals surface area contributed by atoms with E-state index in [1.54, 1.807) is 0 Å². The number of ether oxygens (including phenoxy) is 1. The van der Waals surface area contributed by atoms with Crippen LogP contribution in [0.2, 0.25) is 0 Å². The molecular formula is C20H16F2N4O5S. The summed E-state index contributed by atoms with van der Waals surface area (Å²) in [5.74, 6) is -1.12. The van der Waals surface area contributed by atoms with Crippen molar-refractivity contribution in [3.05, 3.63) is 88.0 Å². The van der Waals surface area contributed by atoms with Crippen LogP contribution in [-0.2, 0) is 10.0 Å². The predicted octanol–water partition coefficient (Wildman–Crippen LogP) is 4.13. The fourth-order valence-electron chi connectivity index (χ4n) is 2.59. The molecule has 0 amide bonds. The number of methoxy groups -OCH3 is 1. The van der Waals surface area contributed by atoms with Gasteiger partial charge in [0.05, 0.1) is 23.9 Å². The van der Waals surface area contributed by atoms with Crippen LogP contribution < -0.4 is 14.9 Å². The van der Waals surface area contributed by atoms with Gasteiger partial charge in [-0.25, -0.2) is 17.2 Å². The Morgan fingerprint density at radius 2 is 1.78 bits per heavy atom. The van der Waals surface area contributed by atoms with Gasteiger partial charge in [-0.05, 0) is 42.5 Å².